The summed E-state index contributed by atoms with van der Waals surface area (Å²) >= 11 is 4.64. The molecule has 1 amide bonds. The summed E-state index contributed by atoms with van der Waals surface area (Å²) in [7, 11) is 0. The molecule has 1 aromatic carbocycles. The summed E-state index contributed by atoms with van der Waals surface area (Å²) in [4.78, 5) is 13.2. The zero-order valence-corrected chi connectivity index (χ0v) is 14.3. The van der Waals surface area contributed by atoms with E-state index in [-0.39, 0.29) is 18.1 Å². The number of nitrogens with one attached hydrogen (secondary N) is 1. The zero-order valence-electron chi connectivity index (χ0n) is 11.9. The highest BCUT2D eigenvalue weighted by atomic mass is 32.2. The van der Waals surface area contributed by atoms with Crippen LogP contribution in [0.1, 0.15) is 10.4 Å². The van der Waals surface area contributed by atoms with E-state index in [4.69, 9.17) is 0 Å². The van der Waals surface area contributed by atoms with Gasteiger partial charge in [-0.3, -0.25) is 4.79 Å². The number of nitrogens with zero attached hydrogens (tertiary/aromatic N) is 2. The van der Waals surface area contributed by atoms with Gasteiger partial charge in [0.1, 0.15) is 5.82 Å². The Bertz CT molecular complexity index is 772. The number of carbonyl (C=O) groups is 1. The highest BCUT2D eigenvalue weighted by Crippen LogP contribution is 2.29. The molecule has 0 atom stereocenters. The molecule has 23 heavy (non-hydrogen) atoms. The van der Waals surface area contributed by atoms with Crippen LogP contribution in [-0.4, -0.2) is 16.1 Å². The Balaban J connectivity index is 1.51. The number of rotatable bonds is 6. The lowest BCUT2D eigenvalue weighted by molar-refractivity contribution is -0.115. The van der Waals surface area contributed by atoms with Crippen LogP contribution in [0.5, 0.6) is 0 Å². The van der Waals surface area contributed by atoms with Crippen molar-refractivity contribution in [3.05, 3.63) is 58.0 Å². The lowest BCUT2D eigenvalue weighted by Crippen LogP contribution is -2.14. The van der Waals surface area contributed by atoms with Gasteiger partial charge in [-0.15, -0.1) is 21.5 Å². The van der Waals surface area contributed by atoms with Crippen molar-refractivity contribution in [1.29, 1.82) is 0 Å². The second-order valence-corrected chi connectivity index (χ2v) is 7.82. The molecule has 0 fully saturated rings. The number of carbonyl (C=O) groups excluding carboxylic acids is 1. The largest absolute Gasteiger partial charge is 0.300 e. The van der Waals surface area contributed by atoms with E-state index in [1.165, 1.54) is 28.3 Å². The van der Waals surface area contributed by atoms with E-state index in [1.54, 1.807) is 35.2 Å². The summed E-state index contributed by atoms with van der Waals surface area (Å²) < 4.78 is 13.6. The summed E-state index contributed by atoms with van der Waals surface area (Å²) in [6.45, 7) is 0. The Morgan fingerprint density at radius 2 is 2.04 bits per heavy atom. The second kappa shape index (κ2) is 7.67. The van der Waals surface area contributed by atoms with Crippen LogP contribution in [0.2, 0.25) is 0 Å². The fraction of sp³-hybridized carbons (Fsp3) is 0.133. The molecule has 0 bridgehead atoms. The van der Waals surface area contributed by atoms with Crippen molar-refractivity contribution in [2.24, 2.45) is 0 Å². The minimum atomic E-state index is -0.314. The van der Waals surface area contributed by atoms with Gasteiger partial charge in [-0.05, 0) is 29.1 Å². The first-order valence-electron chi connectivity index (χ1n) is 6.72. The smallest absolute Gasteiger partial charge is 0.230 e. The molecule has 3 aromatic rings. The van der Waals surface area contributed by atoms with Gasteiger partial charge in [-0.1, -0.05) is 41.3 Å². The minimum absolute atomic E-state index is 0.178. The van der Waals surface area contributed by atoms with Crippen LogP contribution < -0.4 is 5.32 Å². The normalized spacial score (nSPS) is 10.7. The zero-order chi connectivity index (χ0) is 16.1. The molecule has 8 heteroatoms. The predicted octanol–water partition coefficient (Wildman–Crippen LogP) is 4.21. The fourth-order valence-corrected chi connectivity index (χ4v) is 4.34. The maximum Gasteiger partial charge on any atom is 0.230 e. The van der Waals surface area contributed by atoms with E-state index < -0.39 is 0 Å². The van der Waals surface area contributed by atoms with E-state index in [0.717, 1.165) is 15.7 Å². The van der Waals surface area contributed by atoms with Crippen molar-refractivity contribution < 1.29 is 9.18 Å². The third-order valence-corrected chi connectivity index (χ3v) is 5.93. The third kappa shape index (κ3) is 4.85. The van der Waals surface area contributed by atoms with Gasteiger partial charge in [0.05, 0.1) is 6.42 Å². The van der Waals surface area contributed by atoms with Gasteiger partial charge in [-0.25, -0.2) is 4.39 Å². The Kier molecular flexibility index (Phi) is 5.37. The minimum Gasteiger partial charge on any atom is -0.300 e. The van der Waals surface area contributed by atoms with Crippen molar-refractivity contribution in [2.75, 3.05) is 5.32 Å². The Labute approximate surface area is 144 Å². The molecule has 0 spiro atoms. The summed E-state index contributed by atoms with van der Waals surface area (Å²) in [5.74, 6) is 0.337. The number of thioether (sulfide) groups is 1. The molecule has 0 aliphatic carbocycles. The Morgan fingerprint density at radius 1 is 1.22 bits per heavy atom. The molecule has 0 saturated heterocycles. The van der Waals surface area contributed by atoms with E-state index in [2.05, 4.69) is 21.6 Å². The Hall–Kier alpha value is -1.77. The van der Waals surface area contributed by atoms with E-state index in [0.29, 0.717) is 5.13 Å². The highest BCUT2D eigenvalue weighted by molar-refractivity contribution is 8.00. The van der Waals surface area contributed by atoms with Gasteiger partial charge in [0.25, 0.3) is 0 Å². The lowest BCUT2D eigenvalue weighted by Gasteiger charge is -2.01. The SMILES string of the molecule is O=C(Cc1ccc(F)cc1)Nc1nnc(SCc2cccs2)s1. The van der Waals surface area contributed by atoms with Crippen LogP contribution in [0.3, 0.4) is 0 Å². The van der Waals surface area contributed by atoms with Crippen molar-refractivity contribution >= 4 is 45.5 Å². The molecule has 0 saturated carbocycles. The van der Waals surface area contributed by atoms with Crippen molar-refractivity contribution in [3.8, 4) is 0 Å². The quantitative estimate of drug-likeness (QED) is 0.525. The third-order valence-electron chi connectivity index (χ3n) is 2.85. The van der Waals surface area contributed by atoms with Gasteiger partial charge >= 0.3 is 0 Å². The van der Waals surface area contributed by atoms with Crippen LogP contribution in [0, 0.1) is 5.82 Å². The monoisotopic (exact) mass is 365 g/mol. The molecule has 2 heterocycles. The van der Waals surface area contributed by atoms with E-state index in [9.17, 15) is 9.18 Å². The average molecular weight is 365 g/mol. The van der Waals surface area contributed by atoms with E-state index >= 15 is 0 Å². The van der Waals surface area contributed by atoms with Crippen LogP contribution >= 0.6 is 34.4 Å². The number of hydrogen-bond donors (Lipinski definition) is 1. The fourth-order valence-electron chi connectivity index (χ4n) is 1.80. The molecule has 4 nitrogen and oxygen atoms in total. The molecule has 1 N–H and O–H groups in total. The second-order valence-electron chi connectivity index (χ2n) is 4.59. The molecule has 118 valence electrons. The van der Waals surface area contributed by atoms with Crippen LogP contribution in [0.15, 0.2) is 46.1 Å². The number of halogens is 1. The van der Waals surface area contributed by atoms with Crippen LogP contribution in [-0.2, 0) is 17.0 Å². The maximum atomic E-state index is 12.8. The maximum absolute atomic E-state index is 12.8. The van der Waals surface area contributed by atoms with Gasteiger partial charge in [0.2, 0.25) is 11.0 Å². The lowest BCUT2D eigenvalue weighted by atomic mass is 10.1. The standard InChI is InChI=1S/C15H12FN3OS3/c16-11-5-3-10(4-6-11)8-13(20)17-14-18-19-15(23-14)22-9-12-2-1-7-21-12/h1-7H,8-9H2,(H,17,18,20). The van der Waals surface area contributed by atoms with Crippen LogP contribution in [0.4, 0.5) is 9.52 Å². The molecule has 3 rings (SSSR count). The van der Waals surface area contributed by atoms with Gasteiger partial charge in [0, 0.05) is 10.6 Å². The van der Waals surface area contributed by atoms with Gasteiger partial charge < -0.3 is 5.32 Å². The molecular formula is C15H12FN3OS3. The molecular weight excluding hydrogens is 353 g/mol. The van der Waals surface area contributed by atoms with Gasteiger partial charge in [0.15, 0.2) is 4.34 Å². The molecule has 0 aliphatic rings. The average Bonchev–Trinajstić information content (AvgIpc) is 3.19. The van der Waals surface area contributed by atoms with Crippen LogP contribution in [0.25, 0.3) is 0 Å². The number of hydrogen-bond acceptors (Lipinski definition) is 6. The number of amides is 1. The first-order chi connectivity index (χ1) is 11.2. The summed E-state index contributed by atoms with van der Waals surface area (Å²) in [6, 6.07) is 9.96. The summed E-state index contributed by atoms with van der Waals surface area (Å²) in [5.41, 5.74) is 0.751. The first-order valence-corrected chi connectivity index (χ1v) is 9.40. The molecule has 0 unspecified atom stereocenters. The molecule has 0 radical (unpaired) electrons. The summed E-state index contributed by atoms with van der Waals surface area (Å²) in [6.07, 6.45) is 0.178. The highest BCUT2D eigenvalue weighted by Gasteiger charge is 2.10. The summed E-state index contributed by atoms with van der Waals surface area (Å²) in [5, 5.41) is 13.3. The number of benzene rings is 1. The first kappa shape index (κ1) is 16.1. The van der Waals surface area contributed by atoms with E-state index in [1.807, 2.05) is 11.4 Å². The van der Waals surface area contributed by atoms with Crippen molar-refractivity contribution in [3.63, 3.8) is 0 Å². The number of aromatic nitrogens is 2. The van der Waals surface area contributed by atoms with Crippen molar-refractivity contribution in [2.45, 2.75) is 16.5 Å². The van der Waals surface area contributed by atoms with Crippen molar-refractivity contribution in [1.82, 2.24) is 10.2 Å². The van der Waals surface area contributed by atoms with Gasteiger partial charge in [-0.2, -0.15) is 0 Å². The Morgan fingerprint density at radius 3 is 2.78 bits per heavy atom. The predicted molar refractivity (Wildman–Crippen MR) is 92.5 cm³/mol. The molecule has 0 aliphatic heterocycles. The molecule has 2 aromatic heterocycles. The number of anilines is 1. The number of thiophene rings is 1. The topological polar surface area (TPSA) is 54.9 Å².